The molecular formula is C12H16ClN3S. The van der Waals surface area contributed by atoms with Crippen molar-refractivity contribution in [2.45, 2.75) is 25.9 Å². The SMILES string of the molecule is CNC(C)(C)c1cncn1Cc1ccc(Cl)s1. The van der Waals surface area contributed by atoms with E-state index in [2.05, 4.69) is 34.8 Å². The fourth-order valence-electron chi connectivity index (χ4n) is 1.70. The first-order valence-electron chi connectivity index (χ1n) is 5.46. The first kappa shape index (κ1) is 12.6. The van der Waals surface area contributed by atoms with Gasteiger partial charge in [-0.1, -0.05) is 11.6 Å². The minimum absolute atomic E-state index is 0.0858. The van der Waals surface area contributed by atoms with Crippen LogP contribution < -0.4 is 5.32 Å². The van der Waals surface area contributed by atoms with Crippen molar-refractivity contribution in [3.63, 3.8) is 0 Å². The highest BCUT2D eigenvalue weighted by molar-refractivity contribution is 7.16. The Kier molecular flexibility index (Phi) is 3.56. The van der Waals surface area contributed by atoms with Crippen molar-refractivity contribution in [2.75, 3.05) is 7.05 Å². The maximum Gasteiger partial charge on any atom is 0.0952 e. The highest BCUT2D eigenvalue weighted by Gasteiger charge is 2.22. The summed E-state index contributed by atoms with van der Waals surface area (Å²) in [7, 11) is 1.96. The molecule has 2 rings (SSSR count). The number of nitrogens with one attached hydrogen (secondary N) is 1. The second-order valence-electron chi connectivity index (χ2n) is 4.49. The van der Waals surface area contributed by atoms with Crippen LogP contribution in [0.3, 0.4) is 0 Å². The first-order valence-corrected chi connectivity index (χ1v) is 6.66. The standard InChI is InChI=1S/C12H16ClN3S/c1-12(2,14-3)10-6-15-8-16(10)7-9-4-5-11(13)17-9/h4-6,8,14H,7H2,1-3H3. The molecule has 3 nitrogen and oxygen atoms in total. The van der Waals surface area contributed by atoms with Crippen LogP contribution in [0.25, 0.3) is 0 Å². The molecule has 0 spiro atoms. The van der Waals surface area contributed by atoms with Gasteiger partial charge in [0.2, 0.25) is 0 Å². The van der Waals surface area contributed by atoms with E-state index < -0.39 is 0 Å². The van der Waals surface area contributed by atoms with E-state index in [-0.39, 0.29) is 5.54 Å². The number of aromatic nitrogens is 2. The molecule has 0 radical (unpaired) electrons. The lowest BCUT2D eigenvalue weighted by molar-refractivity contribution is 0.414. The first-order chi connectivity index (χ1) is 8.03. The zero-order valence-corrected chi connectivity index (χ0v) is 11.8. The molecule has 2 heterocycles. The lowest BCUT2D eigenvalue weighted by atomic mass is 10.0. The Balaban J connectivity index is 2.26. The van der Waals surface area contributed by atoms with Gasteiger partial charge < -0.3 is 9.88 Å². The Morgan fingerprint density at radius 1 is 1.47 bits per heavy atom. The van der Waals surface area contributed by atoms with E-state index in [0.717, 1.165) is 10.9 Å². The molecule has 0 atom stereocenters. The summed E-state index contributed by atoms with van der Waals surface area (Å²) in [5, 5.41) is 3.29. The van der Waals surface area contributed by atoms with E-state index in [4.69, 9.17) is 11.6 Å². The molecule has 2 aromatic rings. The zero-order chi connectivity index (χ0) is 12.5. The third-order valence-corrected chi connectivity index (χ3v) is 4.15. The summed E-state index contributed by atoms with van der Waals surface area (Å²) in [6, 6.07) is 3.99. The monoisotopic (exact) mass is 269 g/mol. The largest absolute Gasteiger partial charge is 0.328 e. The maximum absolute atomic E-state index is 5.94. The number of nitrogens with zero attached hydrogens (tertiary/aromatic N) is 2. The Morgan fingerprint density at radius 2 is 2.24 bits per heavy atom. The van der Waals surface area contributed by atoms with E-state index in [1.807, 2.05) is 25.6 Å². The Hall–Kier alpha value is -0.840. The quantitative estimate of drug-likeness (QED) is 0.924. The molecule has 0 aliphatic carbocycles. The second kappa shape index (κ2) is 4.80. The van der Waals surface area contributed by atoms with Crippen molar-refractivity contribution in [1.29, 1.82) is 0 Å². The van der Waals surface area contributed by atoms with Crippen LogP contribution >= 0.6 is 22.9 Å². The molecule has 92 valence electrons. The van der Waals surface area contributed by atoms with Crippen LogP contribution in [0.1, 0.15) is 24.4 Å². The van der Waals surface area contributed by atoms with Gasteiger partial charge in [-0.05, 0) is 33.0 Å². The topological polar surface area (TPSA) is 29.9 Å². The molecule has 0 aromatic carbocycles. The van der Waals surface area contributed by atoms with Crippen molar-refractivity contribution < 1.29 is 0 Å². The van der Waals surface area contributed by atoms with Crippen molar-refractivity contribution in [2.24, 2.45) is 0 Å². The molecule has 0 aliphatic heterocycles. The highest BCUT2D eigenvalue weighted by Crippen LogP contribution is 2.25. The number of hydrogen-bond acceptors (Lipinski definition) is 3. The molecular weight excluding hydrogens is 254 g/mol. The molecule has 2 aromatic heterocycles. The van der Waals surface area contributed by atoms with Crippen LogP contribution in [0.4, 0.5) is 0 Å². The van der Waals surface area contributed by atoms with Gasteiger partial charge in [0.15, 0.2) is 0 Å². The van der Waals surface area contributed by atoms with E-state index in [9.17, 15) is 0 Å². The van der Waals surface area contributed by atoms with Crippen LogP contribution in [-0.2, 0) is 12.1 Å². The molecule has 0 unspecified atom stereocenters. The number of halogens is 1. The van der Waals surface area contributed by atoms with Gasteiger partial charge >= 0.3 is 0 Å². The summed E-state index contributed by atoms with van der Waals surface area (Å²) in [6.45, 7) is 5.10. The fraction of sp³-hybridized carbons (Fsp3) is 0.417. The van der Waals surface area contributed by atoms with Crippen LogP contribution in [0, 0.1) is 0 Å². The predicted octanol–water partition coefficient (Wildman–Crippen LogP) is 3.10. The summed E-state index contributed by atoms with van der Waals surface area (Å²) >= 11 is 7.55. The van der Waals surface area contributed by atoms with Gasteiger partial charge in [-0.15, -0.1) is 11.3 Å². The van der Waals surface area contributed by atoms with E-state index in [1.54, 1.807) is 11.3 Å². The number of hydrogen-bond donors (Lipinski definition) is 1. The lowest BCUT2D eigenvalue weighted by Gasteiger charge is -2.25. The third-order valence-electron chi connectivity index (χ3n) is 2.93. The minimum atomic E-state index is -0.0858. The number of rotatable bonds is 4. The summed E-state index contributed by atoms with van der Waals surface area (Å²) in [5.41, 5.74) is 1.09. The highest BCUT2D eigenvalue weighted by atomic mass is 35.5. The molecule has 1 N–H and O–H groups in total. The van der Waals surface area contributed by atoms with E-state index in [0.29, 0.717) is 0 Å². The normalized spacial score (nSPS) is 12.0. The van der Waals surface area contributed by atoms with Crippen LogP contribution in [-0.4, -0.2) is 16.6 Å². The van der Waals surface area contributed by atoms with Crippen molar-refractivity contribution in [1.82, 2.24) is 14.9 Å². The van der Waals surface area contributed by atoms with Crippen LogP contribution in [0.2, 0.25) is 4.34 Å². The molecule has 0 aliphatic rings. The second-order valence-corrected chi connectivity index (χ2v) is 6.29. The fourth-order valence-corrected chi connectivity index (χ4v) is 2.79. The smallest absolute Gasteiger partial charge is 0.0952 e. The Bertz CT molecular complexity index is 501. The molecule has 0 saturated heterocycles. The summed E-state index contributed by atoms with van der Waals surface area (Å²) in [6.07, 6.45) is 3.77. The van der Waals surface area contributed by atoms with E-state index in [1.165, 1.54) is 10.6 Å². The van der Waals surface area contributed by atoms with Gasteiger partial charge in [0.25, 0.3) is 0 Å². The molecule has 0 fully saturated rings. The minimum Gasteiger partial charge on any atom is -0.328 e. The van der Waals surface area contributed by atoms with Gasteiger partial charge in [0, 0.05) is 4.88 Å². The van der Waals surface area contributed by atoms with Gasteiger partial charge in [0.1, 0.15) is 0 Å². The molecule has 17 heavy (non-hydrogen) atoms. The van der Waals surface area contributed by atoms with Crippen LogP contribution in [0.15, 0.2) is 24.7 Å². The van der Waals surface area contributed by atoms with Gasteiger partial charge in [-0.25, -0.2) is 4.98 Å². The lowest BCUT2D eigenvalue weighted by Crippen LogP contribution is -2.35. The van der Waals surface area contributed by atoms with Crippen molar-refractivity contribution in [3.8, 4) is 0 Å². The molecule has 0 amide bonds. The average molecular weight is 270 g/mol. The van der Waals surface area contributed by atoms with Crippen molar-refractivity contribution in [3.05, 3.63) is 39.6 Å². The summed E-state index contributed by atoms with van der Waals surface area (Å²) < 4.78 is 2.98. The Morgan fingerprint density at radius 3 is 2.82 bits per heavy atom. The molecule has 0 bridgehead atoms. The van der Waals surface area contributed by atoms with Crippen LogP contribution in [0.5, 0.6) is 0 Å². The number of imidazole rings is 1. The zero-order valence-electron chi connectivity index (χ0n) is 10.2. The van der Waals surface area contributed by atoms with Crippen molar-refractivity contribution >= 4 is 22.9 Å². The predicted molar refractivity (Wildman–Crippen MR) is 72.7 cm³/mol. The third kappa shape index (κ3) is 2.70. The summed E-state index contributed by atoms with van der Waals surface area (Å²) in [4.78, 5) is 5.47. The summed E-state index contributed by atoms with van der Waals surface area (Å²) in [5.74, 6) is 0. The molecule has 5 heteroatoms. The van der Waals surface area contributed by atoms with Gasteiger partial charge in [0.05, 0.1) is 34.6 Å². The maximum atomic E-state index is 5.94. The molecule has 0 saturated carbocycles. The Labute approximate surface area is 110 Å². The number of thiophene rings is 1. The average Bonchev–Trinajstić information content (AvgIpc) is 2.89. The van der Waals surface area contributed by atoms with Gasteiger partial charge in [-0.3, -0.25) is 0 Å². The van der Waals surface area contributed by atoms with E-state index >= 15 is 0 Å². The van der Waals surface area contributed by atoms with Gasteiger partial charge in [-0.2, -0.15) is 0 Å².